The van der Waals surface area contributed by atoms with Crippen LogP contribution in [0.2, 0.25) is 0 Å². The van der Waals surface area contributed by atoms with Crippen molar-refractivity contribution in [1.82, 2.24) is 4.90 Å². The van der Waals surface area contributed by atoms with Gasteiger partial charge in [0.1, 0.15) is 11.9 Å². The number of alkyl halides is 3. The van der Waals surface area contributed by atoms with Crippen molar-refractivity contribution >= 4 is 11.8 Å². The SMILES string of the molecule is CCCCCCCCCCCCN1C[C@@H](Oc2ccc(CCC(=O)C(F)(F)F)cc2)C[C@@H]1CCC(=O)O. The van der Waals surface area contributed by atoms with Crippen molar-refractivity contribution in [2.45, 2.75) is 122 Å². The molecule has 1 N–H and O–H groups in total. The summed E-state index contributed by atoms with van der Waals surface area (Å²) in [6, 6.07) is 7.01. The van der Waals surface area contributed by atoms with E-state index in [1.54, 1.807) is 24.3 Å². The van der Waals surface area contributed by atoms with Gasteiger partial charge in [-0.15, -0.1) is 0 Å². The fourth-order valence-electron chi connectivity index (χ4n) is 5.02. The van der Waals surface area contributed by atoms with Crippen LogP contribution in [0.25, 0.3) is 0 Å². The number of benzene rings is 1. The highest BCUT2D eigenvalue weighted by Gasteiger charge is 2.37. The molecule has 1 fully saturated rings. The number of ketones is 1. The fourth-order valence-corrected chi connectivity index (χ4v) is 5.02. The molecule has 1 aromatic rings. The largest absolute Gasteiger partial charge is 0.489 e. The first kappa shape index (κ1) is 31.1. The van der Waals surface area contributed by atoms with Crippen molar-refractivity contribution in [3.05, 3.63) is 29.8 Å². The maximum atomic E-state index is 12.4. The molecule has 0 aromatic heterocycles. The number of aryl methyl sites for hydroxylation is 1. The van der Waals surface area contributed by atoms with Gasteiger partial charge in [-0.25, -0.2) is 0 Å². The second-order valence-corrected chi connectivity index (χ2v) is 10.3. The highest BCUT2D eigenvalue weighted by molar-refractivity contribution is 5.84. The summed E-state index contributed by atoms with van der Waals surface area (Å²) in [5.74, 6) is -1.87. The Morgan fingerprint density at radius 3 is 2.11 bits per heavy atom. The first-order valence-electron chi connectivity index (χ1n) is 14.0. The van der Waals surface area contributed by atoms with Gasteiger partial charge in [0.25, 0.3) is 0 Å². The minimum Gasteiger partial charge on any atom is -0.489 e. The number of ether oxygens (including phenoxy) is 1. The molecule has 210 valence electrons. The Labute approximate surface area is 219 Å². The second-order valence-electron chi connectivity index (χ2n) is 10.3. The van der Waals surface area contributed by atoms with Crippen LogP contribution in [-0.2, 0) is 16.0 Å². The summed E-state index contributed by atoms with van der Waals surface area (Å²) in [6.07, 6.45) is 8.84. The molecule has 0 radical (unpaired) electrons. The molecular formula is C29H44F3NO4. The van der Waals surface area contributed by atoms with Crippen LogP contribution in [0.5, 0.6) is 5.75 Å². The molecule has 5 nitrogen and oxygen atoms in total. The third-order valence-electron chi connectivity index (χ3n) is 7.16. The van der Waals surface area contributed by atoms with Crippen LogP contribution in [0.4, 0.5) is 13.2 Å². The maximum Gasteiger partial charge on any atom is 0.449 e. The molecule has 2 rings (SSSR count). The number of aliphatic carboxylic acids is 1. The van der Waals surface area contributed by atoms with E-state index in [4.69, 9.17) is 9.84 Å². The zero-order valence-corrected chi connectivity index (χ0v) is 22.2. The Morgan fingerprint density at radius 1 is 0.946 bits per heavy atom. The maximum absolute atomic E-state index is 12.4. The number of carbonyl (C=O) groups is 2. The number of likely N-dealkylation sites (tertiary alicyclic amines) is 1. The Bertz CT molecular complexity index is 797. The predicted octanol–water partition coefficient (Wildman–Crippen LogP) is 7.36. The zero-order chi connectivity index (χ0) is 27.1. The van der Waals surface area contributed by atoms with Crippen LogP contribution in [0, 0.1) is 0 Å². The Hall–Kier alpha value is -2.09. The molecule has 0 unspecified atom stereocenters. The smallest absolute Gasteiger partial charge is 0.449 e. The zero-order valence-electron chi connectivity index (χ0n) is 22.2. The van der Waals surface area contributed by atoms with Crippen LogP contribution in [0.15, 0.2) is 24.3 Å². The topological polar surface area (TPSA) is 66.8 Å². The van der Waals surface area contributed by atoms with Gasteiger partial charge in [0, 0.05) is 31.8 Å². The lowest BCUT2D eigenvalue weighted by Crippen LogP contribution is -2.31. The molecule has 0 amide bonds. The number of rotatable bonds is 19. The van der Waals surface area contributed by atoms with Gasteiger partial charge >= 0.3 is 12.1 Å². The van der Waals surface area contributed by atoms with Gasteiger partial charge in [0.05, 0.1) is 0 Å². The molecule has 1 heterocycles. The average Bonchev–Trinajstić information content (AvgIpc) is 3.23. The number of hydrogen-bond acceptors (Lipinski definition) is 4. The molecule has 2 atom stereocenters. The lowest BCUT2D eigenvalue weighted by molar-refractivity contribution is -0.171. The highest BCUT2D eigenvalue weighted by Crippen LogP contribution is 2.27. The summed E-state index contributed by atoms with van der Waals surface area (Å²) in [5.41, 5.74) is 0.651. The predicted molar refractivity (Wildman–Crippen MR) is 139 cm³/mol. The van der Waals surface area contributed by atoms with E-state index in [1.165, 1.54) is 57.8 Å². The molecule has 8 heteroatoms. The molecule has 1 aliphatic heterocycles. The molecule has 0 saturated carbocycles. The summed E-state index contributed by atoms with van der Waals surface area (Å²) in [6.45, 7) is 3.91. The van der Waals surface area contributed by atoms with Crippen LogP contribution in [-0.4, -0.2) is 53.2 Å². The van der Waals surface area contributed by atoms with E-state index in [0.717, 1.165) is 25.9 Å². The van der Waals surface area contributed by atoms with Crippen LogP contribution >= 0.6 is 0 Å². The quantitative estimate of drug-likeness (QED) is 0.190. The van der Waals surface area contributed by atoms with E-state index in [-0.39, 0.29) is 25.0 Å². The van der Waals surface area contributed by atoms with Crippen molar-refractivity contribution in [1.29, 1.82) is 0 Å². The van der Waals surface area contributed by atoms with E-state index >= 15 is 0 Å². The number of carboxylic acids is 1. The summed E-state index contributed by atoms with van der Waals surface area (Å²) < 4.78 is 43.3. The van der Waals surface area contributed by atoms with Gasteiger partial charge in [-0.1, -0.05) is 76.8 Å². The van der Waals surface area contributed by atoms with E-state index in [9.17, 15) is 22.8 Å². The van der Waals surface area contributed by atoms with Crippen molar-refractivity contribution in [2.24, 2.45) is 0 Å². The van der Waals surface area contributed by atoms with E-state index < -0.39 is 24.3 Å². The van der Waals surface area contributed by atoms with E-state index in [1.807, 2.05) is 0 Å². The average molecular weight is 528 g/mol. The molecular weight excluding hydrogens is 483 g/mol. The number of unbranched alkanes of at least 4 members (excludes halogenated alkanes) is 9. The van der Waals surface area contributed by atoms with Crippen molar-refractivity contribution in [3.63, 3.8) is 0 Å². The monoisotopic (exact) mass is 527 g/mol. The number of nitrogens with zero attached hydrogens (tertiary/aromatic N) is 1. The minimum atomic E-state index is -4.79. The molecule has 0 spiro atoms. The molecule has 37 heavy (non-hydrogen) atoms. The number of carbonyl (C=O) groups excluding carboxylic acids is 1. The summed E-state index contributed by atoms with van der Waals surface area (Å²) >= 11 is 0. The van der Waals surface area contributed by atoms with E-state index in [0.29, 0.717) is 17.7 Å². The van der Waals surface area contributed by atoms with Crippen molar-refractivity contribution in [3.8, 4) is 5.75 Å². The Morgan fingerprint density at radius 2 is 1.54 bits per heavy atom. The minimum absolute atomic E-state index is 0.0337. The number of hydrogen-bond donors (Lipinski definition) is 1. The molecule has 0 bridgehead atoms. The Kier molecular flexibility index (Phi) is 14.0. The van der Waals surface area contributed by atoms with Gasteiger partial charge in [0.2, 0.25) is 5.78 Å². The third-order valence-corrected chi connectivity index (χ3v) is 7.16. The summed E-state index contributed by atoms with van der Waals surface area (Å²) in [5, 5.41) is 9.14. The molecule has 1 aromatic carbocycles. The number of carboxylic acid groups (broad SMARTS) is 1. The fraction of sp³-hybridized carbons (Fsp3) is 0.724. The summed E-state index contributed by atoms with van der Waals surface area (Å²) in [7, 11) is 0. The third kappa shape index (κ3) is 12.8. The highest BCUT2D eigenvalue weighted by atomic mass is 19.4. The summed E-state index contributed by atoms with van der Waals surface area (Å²) in [4.78, 5) is 24.6. The lowest BCUT2D eigenvalue weighted by atomic mass is 10.1. The van der Waals surface area contributed by atoms with Gasteiger partial charge in [0.15, 0.2) is 0 Å². The van der Waals surface area contributed by atoms with Crippen molar-refractivity contribution < 1.29 is 32.6 Å². The van der Waals surface area contributed by atoms with Gasteiger partial charge in [-0.05, 0) is 43.5 Å². The normalized spacial score (nSPS) is 18.3. The first-order valence-corrected chi connectivity index (χ1v) is 14.0. The standard InChI is InChI=1S/C29H44F3NO4/c1-2-3-4-5-6-7-8-9-10-11-20-33-22-26(21-24(33)15-19-28(35)36)37-25-16-12-23(13-17-25)14-18-27(34)29(30,31)32/h12-13,16-17,24,26H,2-11,14-15,18-22H2,1H3,(H,35,36)/t24-,26-/m0/s1. The Balaban J connectivity index is 1.75. The van der Waals surface area contributed by atoms with Gasteiger partial charge in [-0.3, -0.25) is 14.5 Å². The second kappa shape index (κ2) is 16.7. The van der Waals surface area contributed by atoms with Crippen molar-refractivity contribution in [2.75, 3.05) is 13.1 Å². The number of halogens is 3. The van der Waals surface area contributed by atoms with Crippen LogP contribution < -0.4 is 4.74 Å². The van der Waals surface area contributed by atoms with Crippen LogP contribution in [0.3, 0.4) is 0 Å². The number of Topliss-reactive ketones (excluding diaryl/α,β-unsaturated/α-hetero) is 1. The van der Waals surface area contributed by atoms with E-state index in [2.05, 4.69) is 11.8 Å². The van der Waals surface area contributed by atoms with Gasteiger partial charge < -0.3 is 9.84 Å². The molecule has 1 aliphatic rings. The molecule has 1 saturated heterocycles. The van der Waals surface area contributed by atoms with Gasteiger partial charge in [-0.2, -0.15) is 13.2 Å². The lowest BCUT2D eigenvalue weighted by Gasteiger charge is -2.23. The first-order chi connectivity index (χ1) is 17.7. The van der Waals surface area contributed by atoms with Crippen LogP contribution in [0.1, 0.15) is 102 Å². The molecule has 0 aliphatic carbocycles.